The molecule has 6 heteroatoms. The van der Waals surface area contributed by atoms with Crippen molar-refractivity contribution in [3.05, 3.63) is 52.0 Å². The number of ether oxygens (including phenoxy) is 1. The second-order valence-corrected chi connectivity index (χ2v) is 4.88. The van der Waals surface area contributed by atoms with Crippen molar-refractivity contribution >= 4 is 40.5 Å². The predicted octanol–water partition coefficient (Wildman–Crippen LogP) is 3.84. The zero-order valence-electron chi connectivity index (χ0n) is 10.6. The SMILES string of the molecule is COc1cc(N)ccc1NC(=O)c1ccc(Cl)cc1Cl. The summed E-state index contributed by atoms with van der Waals surface area (Å²) in [7, 11) is 1.50. The molecule has 0 aliphatic heterocycles. The van der Waals surface area contributed by atoms with E-state index in [2.05, 4.69) is 5.32 Å². The van der Waals surface area contributed by atoms with Crippen LogP contribution in [0.4, 0.5) is 11.4 Å². The first-order valence-electron chi connectivity index (χ1n) is 5.71. The Kier molecular flexibility index (Phi) is 4.37. The van der Waals surface area contributed by atoms with Crippen LogP contribution in [-0.4, -0.2) is 13.0 Å². The number of amides is 1. The molecule has 2 aromatic carbocycles. The average Bonchev–Trinajstić information content (AvgIpc) is 2.40. The number of carbonyl (C=O) groups excluding carboxylic acids is 1. The van der Waals surface area contributed by atoms with Gasteiger partial charge in [0.15, 0.2) is 0 Å². The van der Waals surface area contributed by atoms with Gasteiger partial charge >= 0.3 is 0 Å². The third kappa shape index (κ3) is 3.15. The lowest BCUT2D eigenvalue weighted by atomic mass is 10.2. The molecule has 1 amide bonds. The number of hydrogen-bond donors (Lipinski definition) is 2. The molecule has 0 radical (unpaired) electrons. The third-order valence-corrected chi connectivity index (χ3v) is 3.20. The Hall–Kier alpha value is -1.91. The van der Waals surface area contributed by atoms with Gasteiger partial charge in [0.2, 0.25) is 0 Å². The summed E-state index contributed by atoms with van der Waals surface area (Å²) in [4.78, 5) is 12.2. The highest BCUT2D eigenvalue weighted by atomic mass is 35.5. The molecule has 3 N–H and O–H groups in total. The number of carbonyl (C=O) groups is 1. The van der Waals surface area contributed by atoms with Crippen LogP contribution in [0, 0.1) is 0 Å². The van der Waals surface area contributed by atoms with Gasteiger partial charge in [0.05, 0.1) is 23.4 Å². The van der Waals surface area contributed by atoms with E-state index in [1.54, 1.807) is 30.3 Å². The highest BCUT2D eigenvalue weighted by molar-refractivity contribution is 6.37. The molecule has 0 aliphatic rings. The Morgan fingerprint density at radius 2 is 1.95 bits per heavy atom. The number of benzene rings is 2. The van der Waals surface area contributed by atoms with E-state index in [1.165, 1.54) is 13.2 Å². The number of rotatable bonds is 3. The predicted molar refractivity (Wildman–Crippen MR) is 81.8 cm³/mol. The van der Waals surface area contributed by atoms with Crippen LogP contribution in [0.25, 0.3) is 0 Å². The summed E-state index contributed by atoms with van der Waals surface area (Å²) in [6.45, 7) is 0. The number of anilines is 2. The fourth-order valence-electron chi connectivity index (χ4n) is 1.67. The number of methoxy groups -OCH3 is 1. The van der Waals surface area contributed by atoms with Crippen molar-refractivity contribution < 1.29 is 9.53 Å². The highest BCUT2D eigenvalue weighted by Gasteiger charge is 2.13. The van der Waals surface area contributed by atoms with E-state index in [0.717, 1.165) is 0 Å². The Bertz CT molecular complexity index is 660. The van der Waals surface area contributed by atoms with Gasteiger partial charge in [0.25, 0.3) is 5.91 Å². The fourth-order valence-corrected chi connectivity index (χ4v) is 2.17. The molecule has 0 saturated carbocycles. The van der Waals surface area contributed by atoms with Crippen LogP contribution in [0.5, 0.6) is 5.75 Å². The Morgan fingerprint density at radius 1 is 1.20 bits per heavy atom. The summed E-state index contributed by atoms with van der Waals surface area (Å²) < 4.78 is 5.16. The van der Waals surface area contributed by atoms with Gasteiger partial charge < -0.3 is 15.8 Å². The van der Waals surface area contributed by atoms with Gasteiger partial charge in [0, 0.05) is 16.8 Å². The van der Waals surface area contributed by atoms with Crippen LogP contribution < -0.4 is 15.8 Å². The summed E-state index contributed by atoms with van der Waals surface area (Å²) >= 11 is 11.8. The highest BCUT2D eigenvalue weighted by Crippen LogP contribution is 2.28. The first kappa shape index (κ1) is 14.5. The monoisotopic (exact) mass is 310 g/mol. The van der Waals surface area contributed by atoms with Crippen molar-refractivity contribution in [1.29, 1.82) is 0 Å². The minimum absolute atomic E-state index is 0.282. The van der Waals surface area contributed by atoms with Crippen molar-refractivity contribution in [2.75, 3.05) is 18.2 Å². The van der Waals surface area contributed by atoms with E-state index < -0.39 is 0 Å². The van der Waals surface area contributed by atoms with Crippen molar-refractivity contribution in [2.45, 2.75) is 0 Å². The second kappa shape index (κ2) is 6.03. The molecular formula is C14H12Cl2N2O2. The van der Waals surface area contributed by atoms with E-state index >= 15 is 0 Å². The molecule has 0 heterocycles. The van der Waals surface area contributed by atoms with Crippen LogP contribution in [0.2, 0.25) is 10.0 Å². The van der Waals surface area contributed by atoms with Crippen molar-refractivity contribution in [3.63, 3.8) is 0 Å². The molecule has 0 aliphatic carbocycles. The number of halogens is 2. The average molecular weight is 311 g/mol. The molecule has 0 atom stereocenters. The molecule has 0 fully saturated rings. The lowest BCUT2D eigenvalue weighted by Crippen LogP contribution is -2.13. The lowest BCUT2D eigenvalue weighted by Gasteiger charge is -2.11. The second-order valence-electron chi connectivity index (χ2n) is 4.04. The van der Waals surface area contributed by atoms with E-state index in [0.29, 0.717) is 27.7 Å². The molecule has 2 aromatic rings. The molecule has 20 heavy (non-hydrogen) atoms. The quantitative estimate of drug-likeness (QED) is 0.847. The van der Waals surface area contributed by atoms with Crippen molar-refractivity contribution in [2.24, 2.45) is 0 Å². The van der Waals surface area contributed by atoms with Gasteiger partial charge in [-0.2, -0.15) is 0 Å². The number of hydrogen-bond acceptors (Lipinski definition) is 3. The molecule has 0 bridgehead atoms. The Balaban J connectivity index is 2.28. The van der Waals surface area contributed by atoms with E-state index in [4.69, 9.17) is 33.7 Å². The molecule has 4 nitrogen and oxygen atoms in total. The zero-order chi connectivity index (χ0) is 14.7. The van der Waals surface area contributed by atoms with E-state index in [9.17, 15) is 4.79 Å². The first-order chi connectivity index (χ1) is 9.51. The van der Waals surface area contributed by atoms with E-state index in [-0.39, 0.29) is 10.9 Å². The summed E-state index contributed by atoms with van der Waals surface area (Å²) in [6, 6.07) is 9.63. The van der Waals surface area contributed by atoms with E-state index in [1.807, 2.05) is 0 Å². The molecular weight excluding hydrogens is 299 g/mol. The third-order valence-electron chi connectivity index (χ3n) is 2.65. The largest absolute Gasteiger partial charge is 0.494 e. The summed E-state index contributed by atoms with van der Waals surface area (Å²) in [5.41, 5.74) is 7.04. The molecule has 104 valence electrons. The van der Waals surface area contributed by atoms with Crippen LogP contribution in [0.1, 0.15) is 10.4 Å². The van der Waals surface area contributed by atoms with Crippen molar-refractivity contribution in [1.82, 2.24) is 0 Å². The van der Waals surface area contributed by atoms with Gasteiger partial charge in [-0.3, -0.25) is 4.79 Å². The standard InChI is InChI=1S/C14H12Cl2N2O2/c1-20-13-7-9(17)3-5-12(13)18-14(19)10-4-2-8(15)6-11(10)16/h2-7H,17H2,1H3,(H,18,19). The van der Waals surface area contributed by atoms with Crippen molar-refractivity contribution in [3.8, 4) is 5.75 Å². The number of nitrogens with two attached hydrogens (primary N) is 1. The number of nitrogens with one attached hydrogen (secondary N) is 1. The summed E-state index contributed by atoms with van der Waals surface area (Å²) in [5.74, 6) is 0.123. The Labute approximate surface area is 126 Å². The first-order valence-corrected chi connectivity index (χ1v) is 6.47. The van der Waals surface area contributed by atoms with Gasteiger partial charge in [-0.05, 0) is 30.3 Å². The van der Waals surface area contributed by atoms with Gasteiger partial charge in [0.1, 0.15) is 5.75 Å². The molecule has 0 aromatic heterocycles. The Morgan fingerprint density at radius 3 is 2.60 bits per heavy atom. The normalized spacial score (nSPS) is 10.2. The minimum Gasteiger partial charge on any atom is -0.494 e. The van der Waals surface area contributed by atoms with Crippen LogP contribution in [0.15, 0.2) is 36.4 Å². The smallest absolute Gasteiger partial charge is 0.257 e. The maximum Gasteiger partial charge on any atom is 0.257 e. The fraction of sp³-hybridized carbons (Fsp3) is 0.0714. The molecule has 0 saturated heterocycles. The van der Waals surface area contributed by atoms with Crippen LogP contribution >= 0.6 is 23.2 Å². The molecule has 0 unspecified atom stereocenters. The zero-order valence-corrected chi connectivity index (χ0v) is 12.1. The summed E-state index contributed by atoms with van der Waals surface area (Å²) in [6.07, 6.45) is 0. The van der Waals surface area contributed by atoms with Gasteiger partial charge in [-0.15, -0.1) is 0 Å². The maximum absolute atomic E-state index is 12.2. The lowest BCUT2D eigenvalue weighted by molar-refractivity contribution is 0.102. The van der Waals surface area contributed by atoms with Crippen LogP contribution in [-0.2, 0) is 0 Å². The van der Waals surface area contributed by atoms with Gasteiger partial charge in [-0.1, -0.05) is 23.2 Å². The molecule has 0 spiro atoms. The maximum atomic E-state index is 12.2. The number of nitrogen functional groups attached to an aromatic ring is 1. The van der Waals surface area contributed by atoms with Crippen LogP contribution in [0.3, 0.4) is 0 Å². The topological polar surface area (TPSA) is 64.3 Å². The van der Waals surface area contributed by atoms with Gasteiger partial charge in [-0.25, -0.2) is 0 Å². The molecule has 2 rings (SSSR count). The minimum atomic E-state index is -0.352. The summed E-state index contributed by atoms with van der Waals surface area (Å²) in [5, 5.41) is 3.47.